The molecule has 0 atom stereocenters. The summed E-state index contributed by atoms with van der Waals surface area (Å²) in [5, 5.41) is 5.84. The quantitative estimate of drug-likeness (QED) is 0.791. The van der Waals surface area contributed by atoms with Gasteiger partial charge in [-0.2, -0.15) is 0 Å². The van der Waals surface area contributed by atoms with E-state index in [0.717, 1.165) is 43.0 Å². The van der Waals surface area contributed by atoms with Crippen LogP contribution in [-0.4, -0.2) is 48.9 Å². The molecule has 3 rings (SSSR count). The molecule has 0 aromatic heterocycles. The van der Waals surface area contributed by atoms with Crippen LogP contribution in [0.3, 0.4) is 0 Å². The van der Waals surface area contributed by atoms with E-state index in [1.54, 1.807) is 0 Å². The lowest BCUT2D eigenvalue weighted by Gasteiger charge is -2.35. The number of piperidine rings is 1. The number of benzene rings is 1. The molecular formula is C23H35N3O2. The third-order valence-electron chi connectivity index (χ3n) is 6.09. The van der Waals surface area contributed by atoms with Gasteiger partial charge in [0.15, 0.2) is 0 Å². The van der Waals surface area contributed by atoms with Crippen LogP contribution < -0.4 is 10.6 Å². The number of rotatable bonds is 6. The van der Waals surface area contributed by atoms with Crippen molar-refractivity contribution in [2.75, 3.05) is 26.2 Å². The molecular weight excluding hydrogens is 350 g/mol. The molecule has 2 aliphatic rings. The van der Waals surface area contributed by atoms with E-state index in [2.05, 4.69) is 15.5 Å². The van der Waals surface area contributed by atoms with Crippen molar-refractivity contribution in [3.63, 3.8) is 0 Å². The number of carbonyl (C=O) groups excluding carboxylic acids is 2. The van der Waals surface area contributed by atoms with E-state index in [0.29, 0.717) is 5.56 Å². The predicted octanol–water partition coefficient (Wildman–Crippen LogP) is 3.19. The first-order valence-electron chi connectivity index (χ1n) is 10.9. The lowest BCUT2D eigenvalue weighted by molar-refractivity contribution is -0.121. The fraction of sp³-hybridized carbons (Fsp3) is 0.652. The monoisotopic (exact) mass is 385 g/mol. The molecule has 0 spiro atoms. The Morgan fingerprint density at radius 3 is 2.25 bits per heavy atom. The Morgan fingerprint density at radius 1 is 0.964 bits per heavy atom. The molecule has 5 heteroatoms. The molecule has 0 bridgehead atoms. The van der Waals surface area contributed by atoms with Crippen molar-refractivity contribution >= 4 is 11.8 Å². The van der Waals surface area contributed by atoms with Gasteiger partial charge in [-0.1, -0.05) is 36.5 Å². The summed E-state index contributed by atoms with van der Waals surface area (Å²) in [7, 11) is 0. The highest BCUT2D eigenvalue weighted by Gasteiger charge is 2.23. The highest BCUT2D eigenvalue weighted by atomic mass is 16.2. The van der Waals surface area contributed by atoms with Crippen molar-refractivity contribution in [3.8, 4) is 0 Å². The van der Waals surface area contributed by atoms with Crippen molar-refractivity contribution in [1.29, 1.82) is 0 Å². The van der Waals surface area contributed by atoms with Crippen LogP contribution in [0.5, 0.6) is 0 Å². The van der Waals surface area contributed by atoms with Crippen molar-refractivity contribution < 1.29 is 9.59 Å². The van der Waals surface area contributed by atoms with Crippen LogP contribution in [0.25, 0.3) is 0 Å². The molecule has 0 unspecified atom stereocenters. The Kier molecular flexibility index (Phi) is 7.49. The molecule has 1 saturated carbocycles. The van der Waals surface area contributed by atoms with Gasteiger partial charge < -0.3 is 15.5 Å². The van der Waals surface area contributed by atoms with Gasteiger partial charge in [-0.25, -0.2) is 0 Å². The Balaban J connectivity index is 1.35. The van der Waals surface area contributed by atoms with E-state index in [4.69, 9.17) is 0 Å². The maximum Gasteiger partial charge on any atom is 0.251 e. The van der Waals surface area contributed by atoms with Gasteiger partial charge in [0.1, 0.15) is 0 Å². The van der Waals surface area contributed by atoms with Crippen molar-refractivity contribution in [2.45, 2.75) is 64.8 Å². The van der Waals surface area contributed by atoms with Crippen molar-refractivity contribution in [2.24, 2.45) is 5.92 Å². The Hall–Kier alpha value is -1.88. The fourth-order valence-corrected chi connectivity index (χ4v) is 4.64. The number of hydrogen-bond acceptors (Lipinski definition) is 3. The van der Waals surface area contributed by atoms with Crippen LogP contribution in [0.15, 0.2) is 18.2 Å². The smallest absolute Gasteiger partial charge is 0.251 e. The van der Waals surface area contributed by atoms with Gasteiger partial charge in [0, 0.05) is 31.2 Å². The molecule has 1 aromatic rings. The average Bonchev–Trinajstić information content (AvgIpc) is 2.68. The van der Waals surface area contributed by atoms with Crippen LogP contribution >= 0.6 is 0 Å². The summed E-state index contributed by atoms with van der Waals surface area (Å²) in [4.78, 5) is 27.1. The number of likely N-dealkylation sites (tertiary alicyclic amines) is 1. The van der Waals surface area contributed by atoms with Gasteiger partial charge in [0.05, 0.1) is 6.54 Å². The first kappa shape index (κ1) is 20.8. The van der Waals surface area contributed by atoms with Gasteiger partial charge in [0.2, 0.25) is 5.91 Å². The largest absolute Gasteiger partial charge is 0.352 e. The second-order valence-corrected chi connectivity index (χ2v) is 8.71. The Morgan fingerprint density at radius 2 is 1.61 bits per heavy atom. The summed E-state index contributed by atoms with van der Waals surface area (Å²) in [5.41, 5.74) is 2.71. The second-order valence-electron chi connectivity index (χ2n) is 8.71. The zero-order chi connectivity index (χ0) is 19.9. The molecule has 1 heterocycles. The number of hydrogen-bond donors (Lipinski definition) is 2. The summed E-state index contributed by atoms with van der Waals surface area (Å²) >= 11 is 0. The molecule has 1 aromatic carbocycles. The maximum atomic E-state index is 12.3. The predicted molar refractivity (Wildman–Crippen MR) is 112 cm³/mol. The number of nitrogens with zero attached hydrogens (tertiary/aromatic N) is 1. The van der Waals surface area contributed by atoms with Gasteiger partial charge in [-0.05, 0) is 57.6 Å². The molecule has 1 aliphatic heterocycles. The topological polar surface area (TPSA) is 61.4 Å². The summed E-state index contributed by atoms with van der Waals surface area (Å²) in [6.07, 6.45) is 8.97. The summed E-state index contributed by atoms with van der Waals surface area (Å²) < 4.78 is 0. The van der Waals surface area contributed by atoms with Crippen molar-refractivity contribution in [1.82, 2.24) is 15.5 Å². The lowest BCUT2D eigenvalue weighted by atomic mass is 9.88. The Labute approximate surface area is 169 Å². The standard InChI is InChI=1S/C23H35N3O2/c1-17-12-18(2)14-20(13-17)23(28)24-15-22(27)25-21-8-10-26(11-9-21)16-19-6-4-3-5-7-19/h12-14,19,21H,3-11,15-16H2,1-2H3,(H,24,28)(H,25,27). The molecule has 5 nitrogen and oxygen atoms in total. The number of aryl methyl sites for hydroxylation is 2. The molecule has 28 heavy (non-hydrogen) atoms. The zero-order valence-corrected chi connectivity index (χ0v) is 17.4. The molecule has 2 amide bonds. The van der Waals surface area contributed by atoms with Gasteiger partial charge in [0.25, 0.3) is 5.91 Å². The van der Waals surface area contributed by atoms with E-state index in [-0.39, 0.29) is 24.4 Å². The molecule has 0 radical (unpaired) electrons. The zero-order valence-electron chi connectivity index (χ0n) is 17.4. The fourth-order valence-electron chi connectivity index (χ4n) is 4.64. The van der Waals surface area contributed by atoms with E-state index in [9.17, 15) is 9.59 Å². The molecule has 2 N–H and O–H groups in total. The van der Waals surface area contributed by atoms with E-state index >= 15 is 0 Å². The first-order valence-corrected chi connectivity index (χ1v) is 10.9. The van der Waals surface area contributed by atoms with Crippen LogP contribution in [0.4, 0.5) is 0 Å². The highest BCUT2D eigenvalue weighted by molar-refractivity contribution is 5.96. The summed E-state index contributed by atoms with van der Waals surface area (Å²) in [5.74, 6) is 0.591. The van der Waals surface area contributed by atoms with Crippen LogP contribution in [0.1, 0.15) is 66.4 Å². The van der Waals surface area contributed by atoms with Crippen LogP contribution in [-0.2, 0) is 4.79 Å². The number of amides is 2. The molecule has 154 valence electrons. The third kappa shape index (κ3) is 6.33. The highest BCUT2D eigenvalue weighted by Crippen LogP contribution is 2.25. The molecule has 2 fully saturated rings. The van der Waals surface area contributed by atoms with Crippen molar-refractivity contribution in [3.05, 3.63) is 34.9 Å². The molecule has 1 saturated heterocycles. The minimum absolute atomic E-state index is 0.0358. The first-order chi connectivity index (χ1) is 13.5. The number of carbonyl (C=O) groups is 2. The van der Waals surface area contributed by atoms with E-state index in [1.807, 2.05) is 32.0 Å². The second kappa shape index (κ2) is 10.1. The Bertz CT molecular complexity index is 654. The average molecular weight is 386 g/mol. The van der Waals surface area contributed by atoms with Crippen LogP contribution in [0, 0.1) is 19.8 Å². The SMILES string of the molecule is Cc1cc(C)cc(C(=O)NCC(=O)NC2CCN(CC3CCCCC3)CC2)c1. The van der Waals surface area contributed by atoms with E-state index in [1.165, 1.54) is 38.6 Å². The molecule has 1 aliphatic carbocycles. The summed E-state index contributed by atoms with van der Waals surface area (Å²) in [6.45, 7) is 7.34. The minimum Gasteiger partial charge on any atom is -0.352 e. The van der Waals surface area contributed by atoms with Gasteiger partial charge in [-0.15, -0.1) is 0 Å². The normalized spacial score (nSPS) is 19.4. The van der Waals surface area contributed by atoms with E-state index < -0.39 is 0 Å². The third-order valence-corrected chi connectivity index (χ3v) is 6.09. The minimum atomic E-state index is -0.191. The van der Waals surface area contributed by atoms with Crippen LogP contribution in [0.2, 0.25) is 0 Å². The number of nitrogens with one attached hydrogen (secondary N) is 2. The maximum absolute atomic E-state index is 12.3. The van der Waals surface area contributed by atoms with Gasteiger partial charge >= 0.3 is 0 Å². The van der Waals surface area contributed by atoms with Gasteiger partial charge in [-0.3, -0.25) is 9.59 Å². The lowest BCUT2D eigenvalue weighted by Crippen LogP contribution is -2.48. The summed E-state index contributed by atoms with van der Waals surface area (Å²) in [6, 6.07) is 5.96.